The van der Waals surface area contributed by atoms with Crippen molar-refractivity contribution in [3.8, 4) is 0 Å². The number of pyridine rings is 1. The van der Waals surface area contributed by atoms with Gasteiger partial charge in [0.1, 0.15) is 5.82 Å². The lowest BCUT2D eigenvalue weighted by molar-refractivity contribution is -0.120. The molecule has 0 saturated carbocycles. The van der Waals surface area contributed by atoms with Crippen molar-refractivity contribution >= 4 is 11.7 Å². The highest BCUT2D eigenvalue weighted by molar-refractivity contribution is 5.77. The Morgan fingerprint density at radius 3 is 2.85 bits per heavy atom. The van der Waals surface area contributed by atoms with Crippen LogP contribution >= 0.6 is 0 Å². The minimum absolute atomic E-state index is 0.0963. The molecule has 2 heterocycles. The first-order chi connectivity index (χ1) is 9.79. The predicted octanol–water partition coefficient (Wildman–Crippen LogP) is 1.17. The van der Waals surface area contributed by atoms with Gasteiger partial charge in [0.15, 0.2) is 0 Å². The van der Waals surface area contributed by atoms with Gasteiger partial charge in [-0.15, -0.1) is 0 Å². The minimum Gasteiger partial charge on any atom is -0.357 e. The van der Waals surface area contributed by atoms with Crippen molar-refractivity contribution in [1.29, 1.82) is 0 Å². The Kier molecular flexibility index (Phi) is 5.80. The van der Waals surface area contributed by atoms with Crippen LogP contribution in [0.1, 0.15) is 26.2 Å². The fraction of sp³-hybridized carbons (Fsp3) is 0.600. The molecule has 110 valence electrons. The summed E-state index contributed by atoms with van der Waals surface area (Å²) >= 11 is 0. The number of nitrogens with zero attached hydrogens (tertiary/aromatic N) is 2. The van der Waals surface area contributed by atoms with Crippen molar-refractivity contribution < 1.29 is 4.79 Å². The Labute approximate surface area is 120 Å². The van der Waals surface area contributed by atoms with Crippen molar-refractivity contribution in [3.05, 3.63) is 24.4 Å². The van der Waals surface area contributed by atoms with Crippen LogP contribution in [0.2, 0.25) is 0 Å². The van der Waals surface area contributed by atoms with Crippen LogP contribution in [0.5, 0.6) is 0 Å². The molecule has 0 radical (unpaired) electrons. The van der Waals surface area contributed by atoms with E-state index >= 15 is 0 Å². The van der Waals surface area contributed by atoms with E-state index in [4.69, 9.17) is 0 Å². The molecule has 1 fully saturated rings. The topological polar surface area (TPSA) is 57.3 Å². The van der Waals surface area contributed by atoms with Gasteiger partial charge in [0, 0.05) is 31.9 Å². The van der Waals surface area contributed by atoms with E-state index in [9.17, 15) is 4.79 Å². The summed E-state index contributed by atoms with van der Waals surface area (Å²) in [6.07, 6.45) is 4.92. The lowest BCUT2D eigenvalue weighted by atomic mass is 10.1. The maximum absolute atomic E-state index is 11.5. The van der Waals surface area contributed by atoms with Crippen LogP contribution in [0.3, 0.4) is 0 Å². The molecule has 1 aliphatic rings. The summed E-state index contributed by atoms with van der Waals surface area (Å²) in [4.78, 5) is 18.2. The van der Waals surface area contributed by atoms with Crippen LogP contribution in [-0.4, -0.2) is 43.1 Å². The molecule has 5 nitrogen and oxygen atoms in total. The van der Waals surface area contributed by atoms with E-state index in [0.29, 0.717) is 12.6 Å². The van der Waals surface area contributed by atoms with E-state index in [0.717, 1.165) is 44.7 Å². The number of hydrogen-bond acceptors (Lipinski definition) is 4. The summed E-state index contributed by atoms with van der Waals surface area (Å²) in [7, 11) is 0. The first-order valence-electron chi connectivity index (χ1n) is 7.45. The molecule has 1 saturated heterocycles. The van der Waals surface area contributed by atoms with Gasteiger partial charge in [0.25, 0.3) is 0 Å². The fourth-order valence-corrected chi connectivity index (χ4v) is 2.42. The van der Waals surface area contributed by atoms with E-state index in [-0.39, 0.29) is 5.91 Å². The molecule has 2 N–H and O–H groups in total. The van der Waals surface area contributed by atoms with Gasteiger partial charge in [0.05, 0.1) is 6.54 Å². The van der Waals surface area contributed by atoms with E-state index in [1.807, 2.05) is 24.4 Å². The Morgan fingerprint density at radius 2 is 2.20 bits per heavy atom. The molecule has 0 aromatic carbocycles. The van der Waals surface area contributed by atoms with Gasteiger partial charge in [-0.05, 0) is 31.4 Å². The van der Waals surface area contributed by atoms with Gasteiger partial charge in [-0.1, -0.05) is 13.0 Å². The second kappa shape index (κ2) is 7.85. The van der Waals surface area contributed by atoms with E-state index in [2.05, 4.69) is 27.4 Å². The Morgan fingerprint density at radius 1 is 1.40 bits per heavy atom. The predicted molar refractivity (Wildman–Crippen MR) is 80.8 cm³/mol. The summed E-state index contributed by atoms with van der Waals surface area (Å²) in [6.45, 7) is 5.23. The quantitative estimate of drug-likeness (QED) is 0.819. The Bertz CT molecular complexity index is 402. The van der Waals surface area contributed by atoms with Crippen LogP contribution in [0.25, 0.3) is 0 Å². The van der Waals surface area contributed by atoms with Crippen molar-refractivity contribution in [2.75, 3.05) is 31.1 Å². The second-order valence-corrected chi connectivity index (χ2v) is 5.18. The van der Waals surface area contributed by atoms with Crippen molar-refractivity contribution in [1.82, 2.24) is 15.6 Å². The third kappa shape index (κ3) is 4.49. The molecule has 0 aliphatic carbocycles. The lowest BCUT2D eigenvalue weighted by Crippen LogP contribution is -2.46. The molecule has 2 rings (SSSR count). The minimum atomic E-state index is 0.0963. The van der Waals surface area contributed by atoms with Gasteiger partial charge >= 0.3 is 0 Å². The number of rotatable bonds is 6. The second-order valence-electron chi connectivity index (χ2n) is 5.18. The molecule has 1 amide bonds. The molecule has 5 heteroatoms. The number of amides is 1. The molecule has 20 heavy (non-hydrogen) atoms. The molecule has 0 atom stereocenters. The van der Waals surface area contributed by atoms with Gasteiger partial charge in [-0.3, -0.25) is 4.79 Å². The number of hydrogen-bond donors (Lipinski definition) is 2. The third-order valence-electron chi connectivity index (χ3n) is 3.59. The van der Waals surface area contributed by atoms with Crippen LogP contribution in [0.15, 0.2) is 24.4 Å². The molecule has 1 aromatic heterocycles. The van der Waals surface area contributed by atoms with Gasteiger partial charge in [-0.25, -0.2) is 4.98 Å². The van der Waals surface area contributed by atoms with Crippen LogP contribution < -0.4 is 15.5 Å². The molecule has 0 bridgehead atoms. The molecule has 0 spiro atoms. The zero-order chi connectivity index (χ0) is 14.2. The molecule has 1 aromatic rings. The Balaban J connectivity index is 1.68. The number of carbonyl (C=O) groups is 1. The van der Waals surface area contributed by atoms with Crippen molar-refractivity contribution in [3.63, 3.8) is 0 Å². The van der Waals surface area contributed by atoms with Crippen molar-refractivity contribution in [2.24, 2.45) is 0 Å². The summed E-state index contributed by atoms with van der Waals surface area (Å²) < 4.78 is 0. The first kappa shape index (κ1) is 14.8. The summed E-state index contributed by atoms with van der Waals surface area (Å²) in [5, 5.41) is 6.23. The van der Waals surface area contributed by atoms with Crippen LogP contribution in [-0.2, 0) is 4.79 Å². The highest BCUT2D eigenvalue weighted by atomic mass is 16.1. The molecule has 0 unspecified atom stereocenters. The average molecular weight is 276 g/mol. The number of piperidine rings is 1. The number of aromatic nitrogens is 1. The van der Waals surface area contributed by atoms with Crippen molar-refractivity contribution in [2.45, 2.75) is 32.2 Å². The van der Waals surface area contributed by atoms with Crippen LogP contribution in [0.4, 0.5) is 5.82 Å². The zero-order valence-electron chi connectivity index (χ0n) is 12.1. The molecular formula is C15H24N4O. The number of carbonyl (C=O) groups excluding carboxylic acids is 1. The molecular weight excluding hydrogens is 252 g/mol. The Hall–Kier alpha value is -1.62. The van der Waals surface area contributed by atoms with Gasteiger partial charge in [-0.2, -0.15) is 0 Å². The maximum atomic E-state index is 11.5. The van der Waals surface area contributed by atoms with Gasteiger partial charge < -0.3 is 15.5 Å². The smallest absolute Gasteiger partial charge is 0.233 e. The van der Waals surface area contributed by atoms with Gasteiger partial charge in [0.2, 0.25) is 5.91 Å². The fourth-order valence-electron chi connectivity index (χ4n) is 2.42. The first-order valence-corrected chi connectivity index (χ1v) is 7.45. The monoisotopic (exact) mass is 276 g/mol. The third-order valence-corrected chi connectivity index (χ3v) is 3.59. The standard InChI is InChI=1S/C15H24N4O/c1-2-8-17-15(20)12-18-13-6-10-19(11-7-13)14-5-3-4-9-16-14/h3-5,9,13,18H,2,6-8,10-12H2,1H3,(H,17,20). The highest BCUT2D eigenvalue weighted by Crippen LogP contribution is 2.16. The number of anilines is 1. The summed E-state index contributed by atoms with van der Waals surface area (Å²) in [6, 6.07) is 6.44. The normalized spacial score (nSPS) is 16.1. The van der Waals surface area contributed by atoms with E-state index in [1.165, 1.54) is 0 Å². The summed E-state index contributed by atoms with van der Waals surface area (Å²) in [5.41, 5.74) is 0. The largest absolute Gasteiger partial charge is 0.357 e. The highest BCUT2D eigenvalue weighted by Gasteiger charge is 2.19. The lowest BCUT2D eigenvalue weighted by Gasteiger charge is -2.33. The number of nitrogens with one attached hydrogen (secondary N) is 2. The average Bonchev–Trinajstić information content (AvgIpc) is 2.52. The SMILES string of the molecule is CCCNC(=O)CNC1CCN(c2ccccn2)CC1. The van der Waals surface area contributed by atoms with E-state index < -0.39 is 0 Å². The molecule has 1 aliphatic heterocycles. The maximum Gasteiger partial charge on any atom is 0.233 e. The zero-order valence-corrected chi connectivity index (χ0v) is 12.1. The van der Waals surface area contributed by atoms with E-state index in [1.54, 1.807) is 0 Å². The van der Waals surface area contributed by atoms with Crippen LogP contribution in [0, 0.1) is 0 Å². The summed E-state index contributed by atoms with van der Waals surface area (Å²) in [5.74, 6) is 1.14.